The number of aryl methyl sites for hydroxylation is 1. The highest BCUT2D eigenvalue weighted by atomic mass is 32.1. The number of carbonyl (C=O) groups is 1. The normalized spacial score (nSPS) is 11.8. The monoisotopic (exact) mass is 446 g/mol. The van der Waals surface area contributed by atoms with Gasteiger partial charge in [-0.3, -0.25) is 0 Å². The van der Waals surface area contributed by atoms with Crippen LogP contribution >= 0.6 is 11.3 Å². The van der Waals surface area contributed by atoms with E-state index in [9.17, 15) is 13.6 Å². The molecule has 1 aromatic carbocycles. The number of esters is 1. The number of aromatic nitrogens is 1. The van der Waals surface area contributed by atoms with Crippen LogP contribution in [-0.4, -0.2) is 16.6 Å². The first kappa shape index (κ1) is 23.1. The van der Waals surface area contributed by atoms with Crippen LogP contribution in [0.15, 0.2) is 18.2 Å². The summed E-state index contributed by atoms with van der Waals surface area (Å²) < 4.78 is 34.5. The SMILES string of the molecule is CCCCCc1c(C)nc2sc(C(=O)OC(C)(C)C)c(N)c2c1-c1cccc(F)c1F. The summed E-state index contributed by atoms with van der Waals surface area (Å²) in [5.74, 6) is -2.42. The Morgan fingerprint density at radius 2 is 1.94 bits per heavy atom. The van der Waals surface area contributed by atoms with Crippen molar-refractivity contribution in [1.29, 1.82) is 0 Å². The smallest absolute Gasteiger partial charge is 0.351 e. The second kappa shape index (κ2) is 8.91. The number of pyridine rings is 1. The van der Waals surface area contributed by atoms with E-state index in [-0.39, 0.29) is 16.1 Å². The molecule has 0 atom stereocenters. The zero-order valence-corrected chi connectivity index (χ0v) is 19.4. The van der Waals surface area contributed by atoms with Crippen molar-refractivity contribution in [2.75, 3.05) is 5.73 Å². The Hall–Kier alpha value is -2.54. The fourth-order valence-corrected chi connectivity index (χ4v) is 4.66. The molecule has 0 aliphatic rings. The number of hydrogen-bond acceptors (Lipinski definition) is 5. The van der Waals surface area contributed by atoms with E-state index in [1.165, 1.54) is 6.07 Å². The highest BCUT2D eigenvalue weighted by Gasteiger charge is 2.28. The van der Waals surface area contributed by atoms with Crippen molar-refractivity contribution in [1.82, 2.24) is 4.98 Å². The molecule has 0 bridgehead atoms. The van der Waals surface area contributed by atoms with E-state index in [0.29, 0.717) is 22.2 Å². The molecule has 166 valence electrons. The summed E-state index contributed by atoms with van der Waals surface area (Å²) in [6.07, 6.45) is 3.58. The van der Waals surface area contributed by atoms with Gasteiger partial charge in [0.05, 0.1) is 5.69 Å². The van der Waals surface area contributed by atoms with E-state index in [0.717, 1.165) is 47.9 Å². The van der Waals surface area contributed by atoms with Gasteiger partial charge in [0.1, 0.15) is 15.3 Å². The third kappa shape index (κ3) is 4.71. The molecule has 0 saturated heterocycles. The zero-order valence-electron chi connectivity index (χ0n) is 18.6. The highest BCUT2D eigenvalue weighted by Crippen LogP contribution is 2.44. The van der Waals surface area contributed by atoms with Crippen LogP contribution in [0.5, 0.6) is 0 Å². The highest BCUT2D eigenvalue weighted by molar-refractivity contribution is 7.21. The first-order valence-electron chi connectivity index (χ1n) is 10.4. The molecule has 0 aliphatic carbocycles. The van der Waals surface area contributed by atoms with Crippen LogP contribution in [0.25, 0.3) is 21.3 Å². The number of nitrogens with two attached hydrogens (primary N) is 1. The number of hydrogen-bond donors (Lipinski definition) is 1. The maximum atomic E-state index is 14.9. The quantitative estimate of drug-likeness (QED) is 0.333. The lowest BCUT2D eigenvalue weighted by molar-refractivity contribution is 0.00764. The first-order chi connectivity index (χ1) is 14.5. The molecule has 3 rings (SSSR count). The summed E-state index contributed by atoms with van der Waals surface area (Å²) >= 11 is 1.12. The predicted octanol–water partition coefficient (Wildman–Crippen LogP) is 6.82. The number of benzene rings is 1. The maximum Gasteiger partial charge on any atom is 0.351 e. The summed E-state index contributed by atoms with van der Waals surface area (Å²) in [5.41, 5.74) is 8.10. The average Bonchev–Trinajstić information content (AvgIpc) is 2.99. The molecular formula is C24H28F2N2O2S. The van der Waals surface area contributed by atoms with Crippen LogP contribution in [0, 0.1) is 18.6 Å². The van der Waals surface area contributed by atoms with Crippen molar-refractivity contribution in [2.24, 2.45) is 0 Å². The van der Waals surface area contributed by atoms with E-state index < -0.39 is 23.2 Å². The molecule has 2 N–H and O–H groups in total. The number of nitrogen functional groups attached to an aromatic ring is 1. The number of ether oxygens (including phenoxy) is 1. The largest absolute Gasteiger partial charge is 0.456 e. The number of rotatable bonds is 6. The fraction of sp³-hybridized carbons (Fsp3) is 0.417. The maximum absolute atomic E-state index is 14.9. The molecule has 7 heteroatoms. The van der Waals surface area contributed by atoms with Crippen LogP contribution in [0.2, 0.25) is 0 Å². The molecule has 4 nitrogen and oxygen atoms in total. The van der Waals surface area contributed by atoms with E-state index in [1.807, 2.05) is 6.92 Å². The standard InChI is InChI=1S/C24H28F2N2O2S/c1-6-7-8-10-14-13(2)28-22-18(17(14)15-11-9-12-16(25)19(15)26)20(27)21(31-22)23(29)30-24(3,4)5/h9,11-12H,6-8,10,27H2,1-5H3. The zero-order chi connectivity index (χ0) is 22.9. The lowest BCUT2D eigenvalue weighted by atomic mass is 9.92. The second-order valence-corrected chi connectivity index (χ2v) is 9.64. The lowest BCUT2D eigenvalue weighted by Gasteiger charge is -2.19. The van der Waals surface area contributed by atoms with Crippen LogP contribution in [-0.2, 0) is 11.2 Å². The van der Waals surface area contributed by atoms with Crippen molar-refractivity contribution in [3.63, 3.8) is 0 Å². The van der Waals surface area contributed by atoms with Crippen molar-refractivity contribution >= 4 is 33.2 Å². The molecule has 2 heterocycles. The average molecular weight is 447 g/mol. The Morgan fingerprint density at radius 3 is 2.58 bits per heavy atom. The summed E-state index contributed by atoms with van der Waals surface area (Å²) in [4.78, 5) is 18.1. The topological polar surface area (TPSA) is 65.2 Å². The Kier molecular flexibility index (Phi) is 6.65. The summed E-state index contributed by atoms with van der Waals surface area (Å²) in [7, 11) is 0. The molecule has 0 unspecified atom stereocenters. The molecule has 2 aromatic heterocycles. The van der Waals surface area contributed by atoms with Crippen molar-refractivity contribution in [3.8, 4) is 11.1 Å². The van der Waals surface area contributed by atoms with Crippen molar-refractivity contribution in [2.45, 2.75) is 65.9 Å². The van der Waals surface area contributed by atoms with Gasteiger partial charge in [-0.2, -0.15) is 0 Å². The van der Waals surface area contributed by atoms with Gasteiger partial charge in [-0.05, 0) is 52.2 Å². The molecule has 0 fully saturated rings. The summed E-state index contributed by atoms with van der Waals surface area (Å²) in [6.45, 7) is 9.28. The minimum Gasteiger partial charge on any atom is -0.456 e. The van der Waals surface area contributed by atoms with E-state index in [4.69, 9.17) is 10.5 Å². The number of thiophene rings is 1. The molecule has 3 aromatic rings. The molecule has 0 aliphatic heterocycles. The molecule has 0 saturated carbocycles. The van der Waals surface area contributed by atoms with Gasteiger partial charge in [0.2, 0.25) is 0 Å². The number of nitrogens with zero attached hydrogens (tertiary/aromatic N) is 1. The van der Waals surface area contributed by atoms with Gasteiger partial charge in [-0.25, -0.2) is 18.6 Å². The van der Waals surface area contributed by atoms with Gasteiger partial charge in [0.25, 0.3) is 0 Å². The van der Waals surface area contributed by atoms with Crippen LogP contribution in [0.4, 0.5) is 14.5 Å². The third-order valence-electron chi connectivity index (χ3n) is 5.02. The molecule has 0 amide bonds. The van der Waals surface area contributed by atoms with Gasteiger partial charge >= 0.3 is 5.97 Å². The van der Waals surface area contributed by atoms with E-state index in [2.05, 4.69) is 11.9 Å². The number of anilines is 1. The molecular weight excluding hydrogens is 418 g/mol. The molecule has 0 radical (unpaired) electrons. The van der Waals surface area contributed by atoms with Gasteiger partial charge in [0, 0.05) is 22.2 Å². The summed E-state index contributed by atoms with van der Waals surface area (Å²) in [6, 6.07) is 4.10. The number of unbranched alkanes of at least 4 members (excludes halogenated alkanes) is 2. The Bertz CT molecular complexity index is 1130. The predicted molar refractivity (Wildman–Crippen MR) is 123 cm³/mol. The van der Waals surface area contributed by atoms with Crippen LogP contribution in [0.1, 0.15) is 67.9 Å². The van der Waals surface area contributed by atoms with Gasteiger partial charge in [-0.15, -0.1) is 11.3 Å². The molecule has 31 heavy (non-hydrogen) atoms. The van der Waals surface area contributed by atoms with Gasteiger partial charge < -0.3 is 10.5 Å². The van der Waals surface area contributed by atoms with Gasteiger partial charge in [0.15, 0.2) is 11.6 Å². The fourth-order valence-electron chi connectivity index (χ4n) is 3.63. The molecule has 0 spiro atoms. The summed E-state index contributed by atoms with van der Waals surface area (Å²) in [5, 5.41) is 0.479. The first-order valence-corrected chi connectivity index (χ1v) is 11.3. The number of halogens is 2. The van der Waals surface area contributed by atoms with E-state index >= 15 is 0 Å². The van der Waals surface area contributed by atoms with Gasteiger partial charge in [-0.1, -0.05) is 31.9 Å². The van der Waals surface area contributed by atoms with Crippen LogP contribution in [0.3, 0.4) is 0 Å². The number of fused-ring (bicyclic) bond motifs is 1. The Morgan fingerprint density at radius 1 is 1.23 bits per heavy atom. The minimum absolute atomic E-state index is 0.127. The Labute approximate surface area is 185 Å². The minimum atomic E-state index is -0.935. The van der Waals surface area contributed by atoms with E-state index in [1.54, 1.807) is 26.8 Å². The van der Waals surface area contributed by atoms with Crippen molar-refractivity contribution in [3.05, 3.63) is 46.0 Å². The second-order valence-electron chi connectivity index (χ2n) is 8.64. The van der Waals surface area contributed by atoms with Crippen LogP contribution < -0.4 is 5.73 Å². The van der Waals surface area contributed by atoms with Crippen molar-refractivity contribution < 1.29 is 18.3 Å². The lowest BCUT2D eigenvalue weighted by Crippen LogP contribution is -2.23. The number of carbonyl (C=O) groups excluding carboxylic acids is 1. The third-order valence-corrected chi connectivity index (χ3v) is 6.10. The Balaban J connectivity index is 2.31.